The van der Waals surface area contributed by atoms with Crippen molar-refractivity contribution >= 4 is 12.4 Å². The molecule has 0 aliphatic carbocycles. The molecule has 0 saturated carbocycles. The molecule has 1 rings (SSSR count). The van der Waals surface area contributed by atoms with Crippen molar-refractivity contribution in [1.82, 2.24) is 15.2 Å². The fraction of sp³-hybridized carbons (Fsp3) is 0.625. The van der Waals surface area contributed by atoms with E-state index >= 15 is 0 Å². The molecule has 1 amide bonds. The van der Waals surface area contributed by atoms with Crippen LogP contribution in [0.15, 0.2) is 12.3 Å². The minimum Gasteiger partial charge on any atom is -0.468 e. The Morgan fingerprint density at radius 1 is 1.36 bits per heavy atom. The van der Waals surface area contributed by atoms with Crippen molar-refractivity contribution in [3.8, 4) is 0 Å². The molecule has 6 heteroatoms. The summed E-state index contributed by atoms with van der Waals surface area (Å²) in [5, 5.41) is 2.94. The summed E-state index contributed by atoms with van der Waals surface area (Å²) in [7, 11) is 0. The predicted molar refractivity (Wildman–Crippen MR) is 87.7 cm³/mol. The van der Waals surface area contributed by atoms with Crippen LogP contribution in [0.3, 0.4) is 0 Å². The van der Waals surface area contributed by atoms with Gasteiger partial charge in [-0.1, -0.05) is 13.8 Å². The number of H-pyrrole nitrogens is 1. The molecule has 2 N–H and O–H groups in total. The molecule has 0 bridgehead atoms. The SMILES string of the molecule is CCN(CC)CCNC(=O)Cc1cc(C)c[nH]1.CCOC=O. The van der Waals surface area contributed by atoms with Gasteiger partial charge in [-0.2, -0.15) is 0 Å². The van der Waals surface area contributed by atoms with Crippen molar-refractivity contribution in [2.45, 2.75) is 34.1 Å². The molecule has 0 atom stereocenters. The third-order valence-electron chi connectivity index (χ3n) is 3.12. The summed E-state index contributed by atoms with van der Waals surface area (Å²) < 4.78 is 4.15. The van der Waals surface area contributed by atoms with Crippen molar-refractivity contribution in [2.24, 2.45) is 0 Å². The number of nitrogens with zero attached hydrogens (tertiary/aromatic N) is 1. The lowest BCUT2D eigenvalue weighted by atomic mass is 10.2. The van der Waals surface area contributed by atoms with Gasteiger partial charge >= 0.3 is 0 Å². The molecular weight excluding hydrogens is 282 g/mol. The van der Waals surface area contributed by atoms with Crippen molar-refractivity contribution in [3.05, 3.63) is 23.5 Å². The van der Waals surface area contributed by atoms with Gasteiger partial charge in [-0.3, -0.25) is 9.59 Å². The summed E-state index contributed by atoms with van der Waals surface area (Å²) in [5.41, 5.74) is 2.14. The fourth-order valence-electron chi connectivity index (χ4n) is 1.86. The predicted octanol–water partition coefficient (Wildman–Crippen LogP) is 1.50. The zero-order valence-corrected chi connectivity index (χ0v) is 14.1. The second-order valence-corrected chi connectivity index (χ2v) is 4.81. The van der Waals surface area contributed by atoms with E-state index in [0.29, 0.717) is 19.5 Å². The van der Waals surface area contributed by atoms with Crippen LogP contribution in [0.5, 0.6) is 0 Å². The number of aryl methyl sites for hydroxylation is 1. The van der Waals surface area contributed by atoms with Gasteiger partial charge in [0.1, 0.15) is 0 Å². The Bertz CT molecular complexity index is 415. The third kappa shape index (κ3) is 9.99. The molecule has 1 heterocycles. The second-order valence-electron chi connectivity index (χ2n) is 4.81. The maximum Gasteiger partial charge on any atom is 0.293 e. The summed E-state index contributed by atoms with van der Waals surface area (Å²) in [6.45, 7) is 12.6. The first-order valence-electron chi connectivity index (χ1n) is 7.75. The number of ether oxygens (including phenoxy) is 1. The van der Waals surface area contributed by atoms with E-state index in [-0.39, 0.29) is 5.91 Å². The van der Waals surface area contributed by atoms with E-state index in [9.17, 15) is 9.59 Å². The molecule has 126 valence electrons. The molecule has 0 saturated heterocycles. The van der Waals surface area contributed by atoms with Crippen LogP contribution in [-0.4, -0.2) is 55.0 Å². The molecule has 0 aromatic carbocycles. The van der Waals surface area contributed by atoms with E-state index in [0.717, 1.165) is 37.4 Å². The average Bonchev–Trinajstić information content (AvgIpc) is 2.90. The summed E-state index contributed by atoms with van der Waals surface area (Å²) in [5.74, 6) is 0.0824. The molecular formula is C16H29N3O3. The van der Waals surface area contributed by atoms with Crippen LogP contribution >= 0.6 is 0 Å². The highest BCUT2D eigenvalue weighted by atomic mass is 16.5. The molecule has 0 unspecified atom stereocenters. The van der Waals surface area contributed by atoms with E-state index in [1.54, 1.807) is 6.92 Å². The van der Waals surface area contributed by atoms with E-state index in [4.69, 9.17) is 0 Å². The largest absolute Gasteiger partial charge is 0.468 e. The average molecular weight is 311 g/mol. The lowest BCUT2D eigenvalue weighted by molar-refractivity contribution is -0.128. The molecule has 1 aromatic rings. The van der Waals surface area contributed by atoms with E-state index in [2.05, 4.69) is 33.8 Å². The van der Waals surface area contributed by atoms with Crippen LogP contribution in [-0.2, 0) is 20.7 Å². The number of hydrogen-bond acceptors (Lipinski definition) is 4. The first-order chi connectivity index (χ1) is 10.6. The number of carbonyl (C=O) groups excluding carboxylic acids is 2. The minimum atomic E-state index is 0.0824. The number of likely N-dealkylation sites (N-methyl/N-ethyl adjacent to an activating group) is 1. The van der Waals surface area contributed by atoms with Gasteiger partial charge in [0.2, 0.25) is 5.91 Å². The summed E-state index contributed by atoms with van der Waals surface area (Å²) in [4.78, 5) is 26.2. The molecule has 22 heavy (non-hydrogen) atoms. The van der Waals surface area contributed by atoms with Gasteiger partial charge in [0.25, 0.3) is 6.47 Å². The first kappa shape index (κ1) is 20.2. The maximum absolute atomic E-state index is 11.6. The van der Waals surface area contributed by atoms with E-state index in [1.807, 2.05) is 19.2 Å². The standard InChI is InChI=1S/C13H23N3O.C3H6O2/c1-4-16(5-2)7-6-14-13(17)9-12-8-11(3)10-15-12;1-2-5-3-4/h8,10,15H,4-7,9H2,1-3H3,(H,14,17);3H,2H2,1H3. The molecule has 0 fully saturated rings. The zero-order valence-electron chi connectivity index (χ0n) is 14.1. The Balaban J connectivity index is 0.000000763. The number of aromatic amines is 1. The highest BCUT2D eigenvalue weighted by Crippen LogP contribution is 2.01. The molecule has 0 radical (unpaired) electrons. The Morgan fingerprint density at radius 2 is 2.05 bits per heavy atom. The van der Waals surface area contributed by atoms with Crippen LogP contribution in [0.1, 0.15) is 32.0 Å². The molecule has 0 aliphatic heterocycles. The number of rotatable bonds is 9. The van der Waals surface area contributed by atoms with Crippen LogP contribution in [0, 0.1) is 6.92 Å². The van der Waals surface area contributed by atoms with Gasteiger partial charge in [0.05, 0.1) is 13.0 Å². The van der Waals surface area contributed by atoms with Gasteiger partial charge in [-0.15, -0.1) is 0 Å². The summed E-state index contributed by atoms with van der Waals surface area (Å²) >= 11 is 0. The van der Waals surface area contributed by atoms with Gasteiger partial charge in [-0.05, 0) is 38.6 Å². The fourth-order valence-corrected chi connectivity index (χ4v) is 1.86. The Hall–Kier alpha value is -1.82. The van der Waals surface area contributed by atoms with Gasteiger partial charge in [0.15, 0.2) is 0 Å². The second kappa shape index (κ2) is 12.9. The van der Waals surface area contributed by atoms with Gasteiger partial charge in [0, 0.05) is 25.0 Å². The molecule has 0 aliphatic rings. The van der Waals surface area contributed by atoms with Crippen molar-refractivity contribution in [2.75, 3.05) is 32.8 Å². The van der Waals surface area contributed by atoms with Gasteiger partial charge in [-0.25, -0.2) is 0 Å². The molecule has 0 spiro atoms. The van der Waals surface area contributed by atoms with Crippen LogP contribution in [0.25, 0.3) is 0 Å². The minimum absolute atomic E-state index is 0.0824. The topological polar surface area (TPSA) is 74.4 Å². The summed E-state index contributed by atoms with van der Waals surface area (Å²) in [6, 6.07) is 2.00. The number of nitrogens with one attached hydrogen (secondary N) is 2. The molecule has 1 aromatic heterocycles. The number of amides is 1. The Kier molecular flexibility index (Phi) is 11.8. The number of carbonyl (C=O) groups is 2. The highest BCUT2D eigenvalue weighted by molar-refractivity contribution is 5.78. The van der Waals surface area contributed by atoms with Crippen LogP contribution < -0.4 is 5.32 Å². The van der Waals surface area contributed by atoms with Crippen molar-refractivity contribution < 1.29 is 14.3 Å². The lowest BCUT2D eigenvalue weighted by Gasteiger charge is -2.17. The van der Waals surface area contributed by atoms with Crippen molar-refractivity contribution in [3.63, 3.8) is 0 Å². The Morgan fingerprint density at radius 3 is 2.45 bits per heavy atom. The maximum atomic E-state index is 11.6. The monoisotopic (exact) mass is 311 g/mol. The Labute approximate surface area is 133 Å². The van der Waals surface area contributed by atoms with Gasteiger partial charge < -0.3 is 19.9 Å². The summed E-state index contributed by atoms with van der Waals surface area (Å²) in [6.07, 6.45) is 2.35. The van der Waals surface area contributed by atoms with E-state index in [1.165, 1.54) is 0 Å². The third-order valence-corrected chi connectivity index (χ3v) is 3.12. The van der Waals surface area contributed by atoms with E-state index < -0.39 is 0 Å². The molecule has 6 nitrogen and oxygen atoms in total. The normalized spacial score (nSPS) is 9.86. The van der Waals surface area contributed by atoms with Crippen molar-refractivity contribution in [1.29, 1.82) is 0 Å². The quantitative estimate of drug-likeness (QED) is 0.678. The number of aromatic nitrogens is 1. The van der Waals surface area contributed by atoms with Crippen LogP contribution in [0.2, 0.25) is 0 Å². The first-order valence-corrected chi connectivity index (χ1v) is 7.75. The lowest BCUT2D eigenvalue weighted by Crippen LogP contribution is -2.35. The number of hydrogen-bond donors (Lipinski definition) is 2. The highest BCUT2D eigenvalue weighted by Gasteiger charge is 2.05. The smallest absolute Gasteiger partial charge is 0.293 e. The zero-order chi connectivity index (χ0) is 16.8. The van der Waals surface area contributed by atoms with Crippen LogP contribution in [0.4, 0.5) is 0 Å².